The fraction of sp³-hybridized carbons (Fsp3) is 0.333. The molecule has 0 bridgehead atoms. The number of methoxy groups -OCH3 is 3. The van der Waals surface area contributed by atoms with Gasteiger partial charge in [-0.2, -0.15) is 0 Å². The van der Waals surface area contributed by atoms with Gasteiger partial charge in [0.05, 0.1) is 27.9 Å². The first-order valence-electron chi connectivity index (χ1n) is 7.56. The zero-order chi connectivity index (χ0) is 17.3. The lowest BCUT2D eigenvalue weighted by Crippen LogP contribution is -2.20. The number of phenolic OH excluding ortho intramolecular Hbond substituents is 2. The molecule has 0 radical (unpaired) electrons. The lowest BCUT2D eigenvalue weighted by atomic mass is 9.89. The van der Waals surface area contributed by atoms with E-state index in [1.165, 1.54) is 13.2 Å². The van der Waals surface area contributed by atoms with Crippen molar-refractivity contribution in [3.8, 4) is 34.5 Å². The number of rotatable bonds is 4. The molecule has 0 aliphatic carbocycles. The van der Waals surface area contributed by atoms with Crippen LogP contribution in [0.3, 0.4) is 0 Å². The molecule has 0 fully saturated rings. The third-order valence-corrected chi connectivity index (χ3v) is 4.26. The van der Waals surface area contributed by atoms with Crippen LogP contribution >= 0.6 is 0 Å². The van der Waals surface area contributed by atoms with Gasteiger partial charge in [-0.15, -0.1) is 0 Å². The molecule has 0 saturated heterocycles. The molecule has 2 aromatic carbocycles. The molecule has 2 N–H and O–H groups in total. The Morgan fingerprint density at radius 3 is 2.38 bits per heavy atom. The van der Waals surface area contributed by atoms with Gasteiger partial charge in [0.2, 0.25) is 11.5 Å². The Hall–Kier alpha value is -2.76. The molecule has 6 heteroatoms. The Bertz CT molecular complexity index is 756. The Morgan fingerprint density at radius 2 is 1.71 bits per heavy atom. The normalized spacial score (nSPS) is 16.0. The van der Waals surface area contributed by atoms with Gasteiger partial charge in [-0.1, -0.05) is 12.1 Å². The van der Waals surface area contributed by atoms with E-state index in [0.717, 1.165) is 11.1 Å². The van der Waals surface area contributed by atoms with Gasteiger partial charge in [-0.05, 0) is 24.1 Å². The van der Waals surface area contributed by atoms with E-state index in [4.69, 9.17) is 18.9 Å². The van der Waals surface area contributed by atoms with Crippen LogP contribution in [0.15, 0.2) is 24.3 Å². The second-order valence-corrected chi connectivity index (χ2v) is 5.56. The third-order valence-electron chi connectivity index (χ3n) is 4.26. The van der Waals surface area contributed by atoms with Crippen molar-refractivity contribution >= 4 is 0 Å². The number of phenols is 2. The summed E-state index contributed by atoms with van der Waals surface area (Å²) in [5, 5.41) is 19.6. The molecule has 1 heterocycles. The maximum Gasteiger partial charge on any atom is 0.203 e. The minimum absolute atomic E-state index is 0.0166. The molecule has 1 aliphatic heterocycles. The molecule has 0 amide bonds. The van der Waals surface area contributed by atoms with Crippen molar-refractivity contribution in [2.45, 2.75) is 12.3 Å². The number of aromatic hydroxyl groups is 2. The number of benzene rings is 2. The van der Waals surface area contributed by atoms with E-state index in [9.17, 15) is 10.2 Å². The van der Waals surface area contributed by atoms with Crippen molar-refractivity contribution in [1.82, 2.24) is 0 Å². The lowest BCUT2D eigenvalue weighted by Gasteiger charge is -2.28. The molecule has 0 saturated carbocycles. The minimum Gasteiger partial charge on any atom is -0.504 e. The van der Waals surface area contributed by atoms with E-state index >= 15 is 0 Å². The summed E-state index contributed by atoms with van der Waals surface area (Å²) >= 11 is 0. The van der Waals surface area contributed by atoms with E-state index in [-0.39, 0.29) is 23.2 Å². The molecule has 24 heavy (non-hydrogen) atoms. The van der Waals surface area contributed by atoms with Crippen LogP contribution < -0.4 is 18.9 Å². The largest absolute Gasteiger partial charge is 0.504 e. The molecular formula is C18H20O6. The number of hydrogen-bond donors (Lipinski definition) is 2. The Morgan fingerprint density at radius 1 is 0.958 bits per heavy atom. The second kappa shape index (κ2) is 6.39. The third kappa shape index (κ3) is 2.54. The van der Waals surface area contributed by atoms with Crippen LogP contribution in [0.2, 0.25) is 0 Å². The topological polar surface area (TPSA) is 77.4 Å². The zero-order valence-electron chi connectivity index (χ0n) is 13.8. The van der Waals surface area contributed by atoms with Gasteiger partial charge in [0.15, 0.2) is 23.0 Å². The molecule has 0 spiro atoms. The van der Waals surface area contributed by atoms with Crippen molar-refractivity contribution in [3.63, 3.8) is 0 Å². The summed E-state index contributed by atoms with van der Waals surface area (Å²) in [6.07, 6.45) is 0.691. The molecule has 1 unspecified atom stereocenters. The number of ether oxygens (including phenoxy) is 4. The predicted molar refractivity (Wildman–Crippen MR) is 87.8 cm³/mol. The Balaban J connectivity index is 1.98. The van der Waals surface area contributed by atoms with Crippen LogP contribution in [-0.2, 0) is 6.42 Å². The fourth-order valence-corrected chi connectivity index (χ4v) is 3.08. The van der Waals surface area contributed by atoms with Gasteiger partial charge in [0, 0.05) is 11.5 Å². The summed E-state index contributed by atoms with van der Waals surface area (Å²) < 4.78 is 21.9. The first-order chi connectivity index (χ1) is 11.6. The smallest absolute Gasteiger partial charge is 0.203 e. The van der Waals surface area contributed by atoms with Gasteiger partial charge in [-0.25, -0.2) is 0 Å². The maximum absolute atomic E-state index is 10.0. The highest BCUT2D eigenvalue weighted by atomic mass is 16.5. The van der Waals surface area contributed by atoms with Gasteiger partial charge >= 0.3 is 0 Å². The minimum atomic E-state index is -0.256. The van der Waals surface area contributed by atoms with Crippen LogP contribution in [0.1, 0.15) is 17.0 Å². The summed E-state index contributed by atoms with van der Waals surface area (Å²) in [5.41, 5.74) is 1.77. The van der Waals surface area contributed by atoms with Crippen molar-refractivity contribution in [3.05, 3.63) is 35.4 Å². The highest BCUT2D eigenvalue weighted by Crippen LogP contribution is 2.47. The van der Waals surface area contributed by atoms with Crippen LogP contribution in [0.4, 0.5) is 0 Å². The van der Waals surface area contributed by atoms with E-state index in [1.807, 2.05) is 12.1 Å². The average Bonchev–Trinajstić information content (AvgIpc) is 2.62. The van der Waals surface area contributed by atoms with Gasteiger partial charge in [-0.3, -0.25) is 0 Å². The van der Waals surface area contributed by atoms with E-state index < -0.39 is 0 Å². The molecule has 1 atom stereocenters. The first kappa shape index (κ1) is 16.1. The maximum atomic E-state index is 10.0. The lowest BCUT2D eigenvalue weighted by molar-refractivity contribution is 0.239. The zero-order valence-corrected chi connectivity index (χ0v) is 13.8. The fourth-order valence-electron chi connectivity index (χ4n) is 3.08. The number of hydrogen-bond acceptors (Lipinski definition) is 6. The van der Waals surface area contributed by atoms with E-state index in [1.54, 1.807) is 20.3 Å². The van der Waals surface area contributed by atoms with Gasteiger partial charge < -0.3 is 29.2 Å². The molecule has 1 aliphatic rings. The summed E-state index contributed by atoms with van der Waals surface area (Å²) in [4.78, 5) is 0. The quantitative estimate of drug-likeness (QED) is 0.839. The van der Waals surface area contributed by atoms with Gasteiger partial charge in [0.25, 0.3) is 0 Å². The average molecular weight is 332 g/mol. The first-order valence-corrected chi connectivity index (χ1v) is 7.56. The standard InChI is InChI=1S/C18H20O6/c1-21-14-7-4-10-8-11(9-24-16(10)18(14)23-3)12-5-6-13(19)15(20)17(12)22-2/h4-7,11,19-20H,8-9H2,1-3H3. The summed E-state index contributed by atoms with van der Waals surface area (Å²) in [6, 6.07) is 6.98. The predicted octanol–water partition coefficient (Wildman–Crippen LogP) is 2.84. The molecule has 0 aromatic heterocycles. The highest BCUT2D eigenvalue weighted by molar-refractivity contribution is 5.59. The van der Waals surface area contributed by atoms with E-state index in [0.29, 0.717) is 30.3 Å². The van der Waals surface area contributed by atoms with Crippen LogP contribution in [0, 0.1) is 0 Å². The molecule has 128 valence electrons. The molecule has 2 aromatic rings. The molecule has 3 rings (SSSR count). The van der Waals surface area contributed by atoms with Crippen LogP contribution in [0.25, 0.3) is 0 Å². The van der Waals surface area contributed by atoms with Gasteiger partial charge in [0.1, 0.15) is 0 Å². The van der Waals surface area contributed by atoms with Crippen molar-refractivity contribution < 1.29 is 29.2 Å². The summed E-state index contributed by atoms with van der Waals surface area (Å²) in [5.74, 6) is 1.66. The molecular weight excluding hydrogens is 312 g/mol. The van der Waals surface area contributed by atoms with Crippen molar-refractivity contribution in [2.75, 3.05) is 27.9 Å². The van der Waals surface area contributed by atoms with E-state index in [2.05, 4.69) is 0 Å². The second-order valence-electron chi connectivity index (χ2n) is 5.56. The van der Waals surface area contributed by atoms with Crippen LogP contribution in [0.5, 0.6) is 34.5 Å². The van der Waals surface area contributed by atoms with Crippen molar-refractivity contribution in [2.24, 2.45) is 0 Å². The summed E-state index contributed by atoms with van der Waals surface area (Å²) in [6.45, 7) is 0.400. The SMILES string of the molecule is COc1ccc2c(c1OC)OCC(c1ccc(O)c(O)c1OC)C2. The Labute approximate surface area is 140 Å². The summed E-state index contributed by atoms with van der Waals surface area (Å²) in [7, 11) is 4.62. The molecule has 6 nitrogen and oxygen atoms in total. The Kier molecular flexibility index (Phi) is 4.29. The number of fused-ring (bicyclic) bond motifs is 1. The highest BCUT2D eigenvalue weighted by Gasteiger charge is 2.29. The monoisotopic (exact) mass is 332 g/mol. The van der Waals surface area contributed by atoms with Crippen molar-refractivity contribution in [1.29, 1.82) is 0 Å². The van der Waals surface area contributed by atoms with Crippen LogP contribution in [-0.4, -0.2) is 38.1 Å².